The molecule has 0 amide bonds. The van der Waals surface area contributed by atoms with E-state index in [1.807, 2.05) is 12.1 Å². The molecule has 0 saturated carbocycles. The molecule has 102 valence electrons. The summed E-state index contributed by atoms with van der Waals surface area (Å²) in [5.41, 5.74) is 4.61. The number of fused-ring (bicyclic) bond motifs is 2. The van der Waals surface area contributed by atoms with Gasteiger partial charge in [0.15, 0.2) is 0 Å². The van der Waals surface area contributed by atoms with E-state index in [0.717, 1.165) is 5.46 Å². The second-order valence-electron chi connectivity index (χ2n) is 5.83. The van der Waals surface area contributed by atoms with Gasteiger partial charge in [0, 0.05) is 0 Å². The van der Waals surface area contributed by atoms with Crippen molar-refractivity contribution in [2.75, 3.05) is 0 Å². The summed E-state index contributed by atoms with van der Waals surface area (Å²) in [4.78, 5) is 0. The molecule has 0 aliphatic carbocycles. The Balaban J connectivity index is 1.91. The van der Waals surface area contributed by atoms with E-state index in [0.29, 0.717) is 0 Å². The minimum Gasteiger partial charge on any atom is -0.0960 e. The summed E-state index contributed by atoms with van der Waals surface area (Å²) >= 11 is 0. The Labute approximate surface area is 131 Å². The minimum absolute atomic E-state index is 0.807. The topological polar surface area (TPSA) is 0 Å². The summed E-state index contributed by atoms with van der Waals surface area (Å²) in [5.74, 6) is 0. The predicted molar refractivity (Wildman–Crippen MR) is 97.0 cm³/mol. The average molecular weight is 278 g/mol. The number of aryl methyl sites for hydroxylation is 1. The monoisotopic (exact) mass is 278 g/mol. The van der Waals surface area contributed by atoms with Crippen molar-refractivity contribution in [3.63, 3.8) is 0 Å². The van der Waals surface area contributed by atoms with Gasteiger partial charge in [0.1, 0.15) is 7.85 Å². The normalized spacial score (nSPS) is 11.1. The highest BCUT2D eigenvalue weighted by molar-refractivity contribution is 6.33. The highest BCUT2D eigenvalue weighted by Gasteiger charge is 2.03. The lowest BCUT2D eigenvalue weighted by Gasteiger charge is -2.08. The second kappa shape index (κ2) is 5.03. The third kappa shape index (κ3) is 2.19. The summed E-state index contributed by atoms with van der Waals surface area (Å²) in [6, 6.07) is 25.7. The van der Waals surface area contributed by atoms with Crippen molar-refractivity contribution in [2.45, 2.75) is 6.92 Å². The van der Waals surface area contributed by atoms with Gasteiger partial charge in [-0.05, 0) is 57.3 Å². The zero-order chi connectivity index (χ0) is 15.1. The number of rotatable bonds is 1. The fourth-order valence-corrected chi connectivity index (χ4v) is 3.05. The van der Waals surface area contributed by atoms with Gasteiger partial charge in [-0.25, -0.2) is 0 Å². The molecular weight excluding hydrogens is 263 g/mol. The molecule has 0 heterocycles. The number of hydrogen-bond donors (Lipinski definition) is 0. The molecule has 0 aliphatic heterocycles. The van der Waals surface area contributed by atoms with E-state index in [-0.39, 0.29) is 0 Å². The van der Waals surface area contributed by atoms with Gasteiger partial charge in [0.05, 0.1) is 0 Å². The largest absolute Gasteiger partial charge is 0.113 e. The summed E-state index contributed by atoms with van der Waals surface area (Å²) in [5, 5.41) is 5.01. The molecule has 0 nitrogen and oxygen atoms in total. The zero-order valence-electron chi connectivity index (χ0n) is 12.5. The van der Waals surface area contributed by atoms with Crippen molar-refractivity contribution in [1.29, 1.82) is 0 Å². The first-order valence-electron chi connectivity index (χ1n) is 7.50. The molecule has 2 radical (unpaired) electrons. The Morgan fingerprint density at radius 3 is 2.18 bits per heavy atom. The van der Waals surface area contributed by atoms with Crippen LogP contribution in [0.5, 0.6) is 0 Å². The van der Waals surface area contributed by atoms with Crippen LogP contribution in [0.15, 0.2) is 72.8 Å². The second-order valence-corrected chi connectivity index (χ2v) is 5.83. The first kappa shape index (κ1) is 13.2. The molecule has 22 heavy (non-hydrogen) atoms. The highest BCUT2D eigenvalue weighted by atomic mass is 14.1. The van der Waals surface area contributed by atoms with Crippen LogP contribution in [0.1, 0.15) is 5.56 Å². The zero-order valence-corrected chi connectivity index (χ0v) is 12.5. The molecule has 0 N–H and O–H groups in total. The molecule has 4 aromatic rings. The third-order valence-corrected chi connectivity index (χ3v) is 4.30. The van der Waals surface area contributed by atoms with E-state index in [9.17, 15) is 0 Å². The van der Waals surface area contributed by atoms with Gasteiger partial charge in [-0.1, -0.05) is 66.1 Å². The molecule has 0 unspecified atom stereocenters. The standard InChI is InChI=1S/C21H15B/c1-14-3-2-4-15-5-6-19(13-21(14)15)16-7-8-18-12-20(22)10-9-17(18)11-16/h2-13H,1H3. The lowest BCUT2D eigenvalue weighted by atomic mass is 9.92. The number of hydrogen-bond acceptors (Lipinski definition) is 0. The number of benzene rings is 4. The quantitative estimate of drug-likeness (QED) is 0.440. The molecule has 0 bridgehead atoms. The van der Waals surface area contributed by atoms with Crippen molar-refractivity contribution in [1.82, 2.24) is 0 Å². The lowest BCUT2D eigenvalue weighted by Crippen LogP contribution is -1.99. The molecule has 0 saturated heterocycles. The molecule has 0 atom stereocenters. The Bertz CT molecular complexity index is 999. The summed E-state index contributed by atoms with van der Waals surface area (Å²) in [6.07, 6.45) is 0. The van der Waals surface area contributed by atoms with E-state index in [1.54, 1.807) is 0 Å². The van der Waals surface area contributed by atoms with Gasteiger partial charge in [-0.15, -0.1) is 0 Å². The van der Waals surface area contributed by atoms with Gasteiger partial charge in [0.2, 0.25) is 0 Å². The SMILES string of the molecule is [B]c1ccc2cc(-c3ccc4cccc(C)c4c3)ccc2c1. The Morgan fingerprint density at radius 2 is 1.32 bits per heavy atom. The highest BCUT2D eigenvalue weighted by Crippen LogP contribution is 2.28. The van der Waals surface area contributed by atoms with Gasteiger partial charge < -0.3 is 0 Å². The van der Waals surface area contributed by atoms with E-state index < -0.39 is 0 Å². The van der Waals surface area contributed by atoms with E-state index in [4.69, 9.17) is 7.85 Å². The Kier molecular flexibility index (Phi) is 3.01. The predicted octanol–water partition coefficient (Wildman–Crippen LogP) is 4.76. The van der Waals surface area contributed by atoms with Crippen LogP contribution >= 0.6 is 0 Å². The van der Waals surface area contributed by atoms with Crippen LogP contribution in [0.25, 0.3) is 32.7 Å². The van der Waals surface area contributed by atoms with Crippen LogP contribution in [0, 0.1) is 6.92 Å². The third-order valence-electron chi connectivity index (χ3n) is 4.30. The van der Waals surface area contributed by atoms with Crippen molar-refractivity contribution < 1.29 is 0 Å². The molecular formula is C21H15B. The van der Waals surface area contributed by atoms with Gasteiger partial charge in [-0.2, -0.15) is 0 Å². The first-order valence-corrected chi connectivity index (χ1v) is 7.50. The van der Waals surface area contributed by atoms with Crippen LogP contribution in [0.3, 0.4) is 0 Å². The lowest BCUT2D eigenvalue weighted by molar-refractivity contribution is 1.53. The fourth-order valence-electron chi connectivity index (χ4n) is 3.05. The molecule has 0 spiro atoms. The van der Waals surface area contributed by atoms with Crippen LogP contribution < -0.4 is 5.46 Å². The Hall–Kier alpha value is -2.54. The molecule has 0 aliphatic rings. The van der Waals surface area contributed by atoms with Crippen LogP contribution in [0.4, 0.5) is 0 Å². The Morgan fingerprint density at radius 1 is 0.636 bits per heavy atom. The summed E-state index contributed by atoms with van der Waals surface area (Å²) < 4.78 is 0. The van der Waals surface area contributed by atoms with Crippen molar-refractivity contribution in [3.05, 3.63) is 78.4 Å². The minimum atomic E-state index is 0.807. The van der Waals surface area contributed by atoms with Crippen LogP contribution in [-0.2, 0) is 0 Å². The first-order chi connectivity index (χ1) is 10.7. The van der Waals surface area contributed by atoms with Crippen LogP contribution in [0.2, 0.25) is 0 Å². The van der Waals surface area contributed by atoms with Crippen molar-refractivity contribution in [2.24, 2.45) is 0 Å². The molecule has 4 aromatic carbocycles. The molecule has 0 fully saturated rings. The van der Waals surface area contributed by atoms with E-state index >= 15 is 0 Å². The van der Waals surface area contributed by atoms with Crippen molar-refractivity contribution in [3.8, 4) is 11.1 Å². The van der Waals surface area contributed by atoms with E-state index in [2.05, 4.69) is 67.6 Å². The van der Waals surface area contributed by atoms with Gasteiger partial charge >= 0.3 is 0 Å². The maximum absolute atomic E-state index is 5.85. The average Bonchev–Trinajstić information content (AvgIpc) is 2.54. The molecule has 4 rings (SSSR count). The summed E-state index contributed by atoms with van der Waals surface area (Å²) in [7, 11) is 5.85. The van der Waals surface area contributed by atoms with E-state index in [1.165, 1.54) is 38.2 Å². The fraction of sp³-hybridized carbons (Fsp3) is 0.0476. The van der Waals surface area contributed by atoms with Gasteiger partial charge in [0.25, 0.3) is 0 Å². The van der Waals surface area contributed by atoms with Crippen LogP contribution in [-0.4, -0.2) is 7.85 Å². The maximum Gasteiger partial charge on any atom is 0.113 e. The molecule has 0 aromatic heterocycles. The van der Waals surface area contributed by atoms with Crippen molar-refractivity contribution >= 4 is 34.9 Å². The summed E-state index contributed by atoms with van der Waals surface area (Å²) in [6.45, 7) is 2.16. The smallest absolute Gasteiger partial charge is 0.0960 e. The van der Waals surface area contributed by atoms with Gasteiger partial charge in [-0.3, -0.25) is 0 Å². The maximum atomic E-state index is 5.85. The molecule has 1 heteroatoms.